The molecule has 0 saturated carbocycles. The van der Waals surface area contributed by atoms with Crippen molar-refractivity contribution in [2.45, 2.75) is 20.3 Å². The van der Waals surface area contributed by atoms with Gasteiger partial charge in [0.05, 0.1) is 0 Å². The predicted molar refractivity (Wildman–Crippen MR) is 71.9 cm³/mol. The van der Waals surface area contributed by atoms with E-state index in [1.54, 1.807) is 11.3 Å². The first-order chi connectivity index (χ1) is 8.20. The summed E-state index contributed by atoms with van der Waals surface area (Å²) in [6.45, 7) is 4.80. The van der Waals surface area contributed by atoms with Gasteiger partial charge in [-0.25, -0.2) is 0 Å². The Morgan fingerprint density at radius 2 is 2.12 bits per heavy atom. The topological polar surface area (TPSA) is 63.8 Å². The molecule has 0 aliphatic heterocycles. The zero-order valence-electron chi connectivity index (χ0n) is 10.0. The lowest BCUT2D eigenvalue weighted by Gasteiger charge is -2.08. The number of hydrogen-bond donors (Lipinski definition) is 2. The maximum Gasteiger partial charge on any atom is 0.210 e. The third kappa shape index (κ3) is 2.81. The molecule has 0 radical (unpaired) electrons. The average Bonchev–Trinajstić information content (AvgIpc) is 2.73. The second kappa shape index (κ2) is 5.25. The quantitative estimate of drug-likeness (QED) is 0.872. The largest absolute Gasteiger partial charge is 0.330 e. The standard InChI is InChI=1S/C12H16N4S/c1-8-4-3-5-10(9(8)2)14-12-16-15-11(17-12)6-7-13/h3-5H,6-7,13H2,1-2H3,(H,14,16). The van der Waals surface area contributed by atoms with Gasteiger partial charge in [-0.2, -0.15) is 0 Å². The Balaban J connectivity index is 2.16. The van der Waals surface area contributed by atoms with Gasteiger partial charge in [0, 0.05) is 12.1 Å². The SMILES string of the molecule is Cc1cccc(Nc2nnc(CCN)s2)c1C. The number of aryl methyl sites for hydroxylation is 1. The Morgan fingerprint density at radius 1 is 1.29 bits per heavy atom. The second-order valence-electron chi connectivity index (χ2n) is 3.91. The van der Waals surface area contributed by atoms with Gasteiger partial charge in [-0.3, -0.25) is 0 Å². The highest BCUT2D eigenvalue weighted by molar-refractivity contribution is 7.15. The van der Waals surface area contributed by atoms with Gasteiger partial charge in [0.1, 0.15) is 5.01 Å². The molecule has 0 bridgehead atoms. The summed E-state index contributed by atoms with van der Waals surface area (Å²) in [5, 5.41) is 13.3. The molecule has 4 nitrogen and oxygen atoms in total. The van der Waals surface area contributed by atoms with E-state index in [0.29, 0.717) is 6.54 Å². The van der Waals surface area contributed by atoms with Crippen LogP contribution in [0.3, 0.4) is 0 Å². The van der Waals surface area contributed by atoms with E-state index in [1.807, 2.05) is 12.1 Å². The normalized spacial score (nSPS) is 10.5. The van der Waals surface area contributed by atoms with Crippen molar-refractivity contribution in [3.8, 4) is 0 Å². The van der Waals surface area contributed by atoms with Crippen molar-refractivity contribution in [3.05, 3.63) is 34.3 Å². The molecule has 2 aromatic rings. The van der Waals surface area contributed by atoms with Crippen LogP contribution >= 0.6 is 11.3 Å². The summed E-state index contributed by atoms with van der Waals surface area (Å²) in [5.74, 6) is 0. The number of nitrogens with zero attached hydrogens (tertiary/aromatic N) is 2. The Labute approximate surface area is 105 Å². The molecule has 0 aliphatic carbocycles. The van der Waals surface area contributed by atoms with E-state index in [2.05, 4.69) is 35.4 Å². The van der Waals surface area contributed by atoms with Crippen LogP contribution in [0.1, 0.15) is 16.1 Å². The maximum absolute atomic E-state index is 5.48. The molecule has 3 N–H and O–H groups in total. The molecule has 0 fully saturated rings. The van der Waals surface area contributed by atoms with E-state index in [-0.39, 0.29) is 0 Å². The Kier molecular flexibility index (Phi) is 3.71. The first-order valence-electron chi connectivity index (χ1n) is 5.56. The molecule has 2 rings (SSSR count). The molecule has 0 unspecified atom stereocenters. The van der Waals surface area contributed by atoms with Gasteiger partial charge in [-0.15, -0.1) is 10.2 Å². The lowest BCUT2D eigenvalue weighted by molar-refractivity contribution is 0.913. The van der Waals surface area contributed by atoms with E-state index in [4.69, 9.17) is 5.73 Å². The van der Waals surface area contributed by atoms with Crippen LogP contribution in [-0.2, 0) is 6.42 Å². The van der Waals surface area contributed by atoms with Crippen molar-refractivity contribution < 1.29 is 0 Å². The van der Waals surface area contributed by atoms with Gasteiger partial charge in [0.2, 0.25) is 5.13 Å². The Morgan fingerprint density at radius 3 is 2.88 bits per heavy atom. The molecule has 90 valence electrons. The lowest BCUT2D eigenvalue weighted by atomic mass is 10.1. The first-order valence-corrected chi connectivity index (χ1v) is 6.38. The zero-order chi connectivity index (χ0) is 12.3. The van der Waals surface area contributed by atoms with Crippen molar-refractivity contribution in [3.63, 3.8) is 0 Å². The van der Waals surface area contributed by atoms with Crippen molar-refractivity contribution >= 4 is 22.2 Å². The van der Waals surface area contributed by atoms with E-state index in [0.717, 1.165) is 22.2 Å². The summed E-state index contributed by atoms with van der Waals surface area (Å²) < 4.78 is 0. The second-order valence-corrected chi connectivity index (χ2v) is 4.97. The van der Waals surface area contributed by atoms with Crippen LogP contribution in [0.4, 0.5) is 10.8 Å². The van der Waals surface area contributed by atoms with Crippen molar-refractivity contribution in [1.29, 1.82) is 0 Å². The van der Waals surface area contributed by atoms with Gasteiger partial charge in [0.25, 0.3) is 0 Å². The highest BCUT2D eigenvalue weighted by Gasteiger charge is 2.06. The highest BCUT2D eigenvalue weighted by Crippen LogP contribution is 2.24. The van der Waals surface area contributed by atoms with E-state index in [9.17, 15) is 0 Å². The van der Waals surface area contributed by atoms with Crippen molar-refractivity contribution in [2.24, 2.45) is 5.73 Å². The van der Waals surface area contributed by atoms with Crippen LogP contribution in [0.5, 0.6) is 0 Å². The van der Waals surface area contributed by atoms with Gasteiger partial charge in [-0.05, 0) is 37.6 Å². The number of aromatic nitrogens is 2. The summed E-state index contributed by atoms with van der Waals surface area (Å²) in [6, 6.07) is 6.18. The number of anilines is 2. The highest BCUT2D eigenvalue weighted by atomic mass is 32.1. The van der Waals surface area contributed by atoms with E-state index in [1.165, 1.54) is 11.1 Å². The average molecular weight is 248 g/mol. The smallest absolute Gasteiger partial charge is 0.210 e. The van der Waals surface area contributed by atoms with Gasteiger partial charge in [0.15, 0.2) is 0 Å². The summed E-state index contributed by atoms with van der Waals surface area (Å²) >= 11 is 1.55. The zero-order valence-corrected chi connectivity index (χ0v) is 10.8. The molecule has 0 spiro atoms. The van der Waals surface area contributed by atoms with Crippen molar-refractivity contribution in [2.75, 3.05) is 11.9 Å². The molecule has 0 amide bonds. The minimum atomic E-state index is 0.609. The first kappa shape index (κ1) is 12.0. The number of benzene rings is 1. The van der Waals surface area contributed by atoms with Crippen LogP contribution in [0.15, 0.2) is 18.2 Å². The Hall–Kier alpha value is -1.46. The van der Waals surface area contributed by atoms with Gasteiger partial charge < -0.3 is 11.1 Å². The third-order valence-corrected chi connectivity index (χ3v) is 3.57. The van der Waals surface area contributed by atoms with Crippen LogP contribution in [0.25, 0.3) is 0 Å². The molecule has 0 saturated heterocycles. The molecule has 0 atom stereocenters. The van der Waals surface area contributed by atoms with Crippen molar-refractivity contribution in [1.82, 2.24) is 10.2 Å². The monoisotopic (exact) mass is 248 g/mol. The van der Waals surface area contributed by atoms with Gasteiger partial charge >= 0.3 is 0 Å². The summed E-state index contributed by atoms with van der Waals surface area (Å²) in [6.07, 6.45) is 0.784. The third-order valence-electron chi connectivity index (χ3n) is 2.67. The molecule has 1 heterocycles. The summed E-state index contributed by atoms with van der Waals surface area (Å²) in [4.78, 5) is 0. The number of hydrogen-bond acceptors (Lipinski definition) is 5. The molecular weight excluding hydrogens is 232 g/mol. The number of nitrogens with one attached hydrogen (secondary N) is 1. The maximum atomic E-state index is 5.48. The molecule has 1 aromatic heterocycles. The fourth-order valence-corrected chi connectivity index (χ4v) is 2.30. The molecule has 17 heavy (non-hydrogen) atoms. The van der Waals surface area contributed by atoms with Crippen LogP contribution in [-0.4, -0.2) is 16.7 Å². The molecule has 1 aromatic carbocycles. The minimum absolute atomic E-state index is 0.609. The Bertz CT molecular complexity index is 507. The van der Waals surface area contributed by atoms with E-state index < -0.39 is 0 Å². The molecule has 0 aliphatic rings. The van der Waals surface area contributed by atoms with E-state index >= 15 is 0 Å². The minimum Gasteiger partial charge on any atom is -0.330 e. The molecular formula is C12H16N4S. The summed E-state index contributed by atoms with van der Waals surface area (Å²) in [5.41, 5.74) is 9.07. The van der Waals surface area contributed by atoms with Crippen LogP contribution in [0.2, 0.25) is 0 Å². The fourth-order valence-electron chi connectivity index (χ4n) is 1.53. The van der Waals surface area contributed by atoms with Gasteiger partial charge in [-0.1, -0.05) is 23.5 Å². The number of rotatable bonds is 4. The lowest BCUT2D eigenvalue weighted by Crippen LogP contribution is -2.01. The predicted octanol–water partition coefficient (Wildman–Crippen LogP) is 2.40. The van der Waals surface area contributed by atoms with Crippen LogP contribution in [0, 0.1) is 13.8 Å². The molecule has 5 heteroatoms. The summed E-state index contributed by atoms with van der Waals surface area (Å²) in [7, 11) is 0. The fraction of sp³-hybridized carbons (Fsp3) is 0.333. The number of nitrogens with two attached hydrogens (primary N) is 1. The van der Waals surface area contributed by atoms with Crippen LogP contribution < -0.4 is 11.1 Å².